The quantitative estimate of drug-likeness (QED) is 0.671. The lowest BCUT2D eigenvalue weighted by Crippen LogP contribution is -2.13. The van der Waals surface area contributed by atoms with Crippen LogP contribution in [-0.4, -0.2) is 18.0 Å². The van der Waals surface area contributed by atoms with Crippen LogP contribution in [0.15, 0.2) is 53.1 Å². The van der Waals surface area contributed by atoms with Gasteiger partial charge < -0.3 is 14.5 Å². The minimum atomic E-state index is -0.112. The maximum absolute atomic E-state index is 12.2. The molecule has 3 rings (SSSR count). The lowest BCUT2D eigenvalue weighted by atomic mass is 10.2. The van der Waals surface area contributed by atoms with Gasteiger partial charge >= 0.3 is 0 Å². The summed E-state index contributed by atoms with van der Waals surface area (Å²) < 4.78 is 10.9. The summed E-state index contributed by atoms with van der Waals surface area (Å²) in [5, 5.41) is 3.49. The highest BCUT2D eigenvalue weighted by atomic mass is 35.5. The number of amides is 1. The van der Waals surface area contributed by atoms with E-state index in [1.54, 1.807) is 25.4 Å². The Morgan fingerprint density at radius 2 is 2.00 bits per heavy atom. The molecule has 1 heterocycles. The van der Waals surface area contributed by atoms with Crippen molar-refractivity contribution in [3.8, 4) is 17.1 Å². The van der Waals surface area contributed by atoms with Crippen LogP contribution in [0.5, 0.6) is 5.75 Å². The van der Waals surface area contributed by atoms with Crippen LogP contribution in [0.4, 0.5) is 5.69 Å². The molecule has 1 aromatic heterocycles. The summed E-state index contributed by atoms with van der Waals surface area (Å²) >= 11 is 6.07. The van der Waals surface area contributed by atoms with Crippen LogP contribution < -0.4 is 10.1 Å². The summed E-state index contributed by atoms with van der Waals surface area (Å²) in [6, 6.07) is 12.9. The van der Waals surface area contributed by atoms with E-state index in [9.17, 15) is 4.79 Å². The monoisotopic (exact) mass is 370 g/mol. The van der Waals surface area contributed by atoms with Crippen molar-refractivity contribution >= 4 is 23.2 Å². The molecule has 3 aromatic rings. The van der Waals surface area contributed by atoms with Crippen molar-refractivity contribution in [1.82, 2.24) is 4.98 Å². The number of rotatable bonds is 6. The molecule has 0 fully saturated rings. The van der Waals surface area contributed by atoms with E-state index in [0.29, 0.717) is 28.8 Å². The molecule has 134 valence electrons. The van der Waals surface area contributed by atoms with Crippen LogP contribution in [0.1, 0.15) is 17.9 Å². The number of nitrogens with one attached hydrogen (secondary N) is 1. The summed E-state index contributed by atoms with van der Waals surface area (Å²) in [7, 11) is 1.62. The highest BCUT2D eigenvalue weighted by molar-refractivity contribution is 6.31. The first-order valence-electron chi connectivity index (χ1n) is 8.21. The SMILES string of the molecule is COc1ccc(-c2cnc(CCC(=O)Nc3cccc(Cl)c3C)o2)cc1. The van der Waals surface area contributed by atoms with E-state index in [0.717, 1.165) is 16.9 Å². The smallest absolute Gasteiger partial charge is 0.224 e. The second kappa shape index (κ2) is 8.06. The summed E-state index contributed by atoms with van der Waals surface area (Å²) in [4.78, 5) is 16.4. The second-order valence-electron chi connectivity index (χ2n) is 5.81. The molecule has 1 amide bonds. The van der Waals surface area contributed by atoms with Gasteiger partial charge in [-0.1, -0.05) is 17.7 Å². The molecule has 6 heteroatoms. The number of ether oxygens (including phenoxy) is 1. The first kappa shape index (κ1) is 18.0. The number of aryl methyl sites for hydroxylation is 1. The maximum atomic E-state index is 12.2. The van der Waals surface area contributed by atoms with Gasteiger partial charge in [0.1, 0.15) is 5.75 Å². The van der Waals surface area contributed by atoms with Crippen LogP contribution in [0, 0.1) is 6.92 Å². The van der Waals surface area contributed by atoms with E-state index in [1.165, 1.54) is 0 Å². The third-order valence-corrected chi connectivity index (χ3v) is 4.45. The number of anilines is 1. The molecule has 0 unspecified atom stereocenters. The Kier molecular flexibility index (Phi) is 5.58. The molecule has 0 bridgehead atoms. The fourth-order valence-electron chi connectivity index (χ4n) is 2.49. The molecular weight excluding hydrogens is 352 g/mol. The van der Waals surface area contributed by atoms with Crippen molar-refractivity contribution in [2.24, 2.45) is 0 Å². The second-order valence-corrected chi connectivity index (χ2v) is 6.21. The number of carbonyl (C=O) groups excluding carboxylic acids is 1. The van der Waals surface area contributed by atoms with E-state index >= 15 is 0 Å². The maximum Gasteiger partial charge on any atom is 0.224 e. The Labute approximate surface area is 157 Å². The number of hydrogen-bond acceptors (Lipinski definition) is 4. The Hall–Kier alpha value is -2.79. The fraction of sp³-hybridized carbons (Fsp3) is 0.200. The van der Waals surface area contributed by atoms with Gasteiger partial charge in [-0.3, -0.25) is 4.79 Å². The predicted molar refractivity (Wildman–Crippen MR) is 102 cm³/mol. The molecule has 5 nitrogen and oxygen atoms in total. The normalized spacial score (nSPS) is 10.6. The molecule has 0 saturated heterocycles. The molecule has 0 saturated carbocycles. The van der Waals surface area contributed by atoms with E-state index in [4.69, 9.17) is 20.8 Å². The number of carbonyl (C=O) groups is 1. The number of aromatic nitrogens is 1. The third kappa shape index (κ3) is 4.24. The van der Waals surface area contributed by atoms with Crippen molar-refractivity contribution < 1.29 is 13.9 Å². The van der Waals surface area contributed by atoms with Gasteiger partial charge in [-0.2, -0.15) is 0 Å². The molecule has 0 radical (unpaired) electrons. The van der Waals surface area contributed by atoms with Gasteiger partial charge in [-0.15, -0.1) is 0 Å². The zero-order valence-corrected chi connectivity index (χ0v) is 15.3. The third-order valence-electron chi connectivity index (χ3n) is 4.04. The lowest BCUT2D eigenvalue weighted by molar-refractivity contribution is -0.116. The van der Waals surface area contributed by atoms with Crippen LogP contribution in [-0.2, 0) is 11.2 Å². The highest BCUT2D eigenvalue weighted by Crippen LogP contribution is 2.24. The number of oxazole rings is 1. The predicted octanol–water partition coefficient (Wildman–Crippen LogP) is 4.88. The van der Waals surface area contributed by atoms with Crippen LogP contribution in [0.3, 0.4) is 0 Å². The topological polar surface area (TPSA) is 64.4 Å². The van der Waals surface area contributed by atoms with Gasteiger partial charge in [0.15, 0.2) is 11.7 Å². The summed E-state index contributed by atoms with van der Waals surface area (Å²) in [6.45, 7) is 1.87. The minimum absolute atomic E-state index is 0.112. The molecule has 0 spiro atoms. The minimum Gasteiger partial charge on any atom is -0.497 e. The Balaban J connectivity index is 1.59. The number of methoxy groups -OCH3 is 1. The first-order chi connectivity index (χ1) is 12.6. The van der Waals surface area contributed by atoms with E-state index in [1.807, 2.05) is 37.3 Å². The molecule has 0 aliphatic rings. The highest BCUT2D eigenvalue weighted by Gasteiger charge is 2.11. The number of nitrogens with zero attached hydrogens (tertiary/aromatic N) is 1. The molecule has 2 aromatic carbocycles. The average Bonchev–Trinajstić information content (AvgIpc) is 3.13. The molecule has 1 N–H and O–H groups in total. The number of hydrogen-bond donors (Lipinski definition) is 1. The molecular formula is C20H19ClN2O3. The summed E-state index contributed by atoms with van der Waals surface area (Å²) in [5.41, 5.74) is 2.47. The fourth-order valence-corrected chi connectivity index (χ4v) is 2.67. The first-order valence-corrected chi connectivity index (χ1v) is 8.58. The van der Waals surface area contributed by atoms with Crippen LogP contribution in [0.25, 0.3) is 11.3 Å². The molecule has 0 aliphatic heterocycles. The standard InChI is InChI=1S/C20H19ClN2O3/c1-13-16(21)4-3-5-17(13)23-19(24)10-11-20-22-12-18(26-20)14-6-8-15(25-2)9-7-14/h3-9,12H,10-11H2,1-2H3,(H,23,24). The lowest BCUT2D eigenvalue weighted by Gasteiger charge is -2.08. The summed E-state index contributed by atoms with van der Waals surface area (Å²) in [6.07, 6.45) is 2.35. The van der Waals surface area contributed by atoms with Crippen molar-refractivity contribution in [2.45, 2.75) is 19.8 Å². The van der Waals surface area contributed by atoms with Gasteiger partial charge in [0.05, 0.1) is 13.3 Å². The largest absolute Gasteiger partial charge is 0.497 e. The average molecular weight is 371 g/mol. The van der Waals surface area contributed by atoms with Crippen molar-refractivity contribution in [3.05, 3.63) is 65.1 Å². The van der Waals surface area contributed by atoms with Gasteiger partial charge in [0.2, 0.25) is 5.91 Å². The molecule has 0 aliphatic carbocycles. The van der Waals surface area contributed by atoms with Crippen molar-refractivity contribution in [1.29, 1.82) is 0 Å². The van der Waals surface area contributed by atoms with E-state index < -0.39 is 0 Å². The zero-order valence-electron chi connectivity index (χ0n) is 14.6. The van der Waals surface area contributed by atoms with Crippen LogP contribution in [0.2, 0.25) is 5.02 Å². The van der Waals surface area contributed by atoms with Gasteiger partial charge in [-0.05, 0) is 48.9 Å². The van der Waals surface area contributed by atoms with Crippen molar-refractivity contribution in [3.63, 3.8) is 0 Å². The van der Waals surface area contributed by atoms with E-state index in [2.05, 4.69) is 10.3 Å². The number of halogens is 1. The Morgan fingerprint density at radius 1 is 1.23 bits per heavy atom. The molecule has 0 atom stereocenters. The van der Waals surface area contributed by atoms with E-state index in [-0.39, 0.29) is 12.3 Å². The van der Waals surface area contributed by atoms with Crippen LogP contribution >= 0.6 is 11.6 Å². The van der Waals surface area contributed by atoms with Gasteiger partial charge in [0, 0.05) is 29.1 Å². The van der Waals surface area contributed by atoms with Gasteiger partial charge in [0.25, 0.3) is 0 Å². The molecule has 26 heavy (non-hydrogen) atoms. The Bertz CT molecular complexity index is 904. The number of benzene rings is 2. The summed E-state index contributed by atoms with van der Waals surface area (Å²) in [5.74, 6) is 1.85. The van der Waals surface area contributed by atoms with Crippen molar-refractivity contribution in [2.75, 3.05) is 12.4 Å². The Morgan fingerprint density at radius 3 is 2.73 bits per heavy atom. The van der Waals surface area contributed by atoms with Gasteiger partial charge in [-0.25, -0.2) is 4.98 Å². The zero-order chi connectivity index (χ0) is 18.5.